The van der Waals surface area contributed by atoms with E-state index in [1.165, 1.54) is 12.1 Å². The molecule has 2 amide bonds. The fourth-order valence-corrected chi connectivity index (χ4v) is 2.29. The van der Waals surface area contributed by atoms with Crippen molar-refractivity contribution in [3.63, 3.8) is 0 Å². The molecule has 5 heteroatoms. The van der Waals surface area contributed by atoms with Crippen LogP contribution in [0.2, 0.25) is 0 Å². The number of hydrogen-bond acceptors (Lipinski definition) is 2. The number of amides is 2. The van der Waals surface area contributed by atoms with Gasteiger partial charge in [0.25, 0.3) is 0 Å². The molecule has 1 aliphatic heterocycles. The molecule has 1 saturated heterocycles. The molecule has 1 aromatic rings. The Labute approximate surface area is 119 Å². The topological polar surface area (TPSA) is 32.8 Å². The van der Waals surface area contributed by atoms with Crippen LogP contribution in [0.5, 0.6) is 0 Å². The van der Waals surface area contributed by atoms with E-state index in [2.05, 4.69) is 0 Å². The van der Waals surface area contributed by atoms with Crippen LogP contribution < -0.4 is 0 Å². The Bertz CT molecular complexity index is 440. The highest BCUT2D eigenvalue weighted by molar-refractivity contribution is 5.73. The minimum absolute atomic E-state index is 0.0574. The van der Waals surface area contributed by atoms with Crippen molar-refractivity contribution in [2.24, 2.45) is 0 Å². The molecule has 110 valence electrons. The number of carbonyl (C=O) groups excluding carboxylic acids is 1. The zero-order valence-electron chi connectivity index (χ0n) is 12.0. The number of likely N-dealkylation sites (tertiary alicyclic amines) is 1. The molecule has 0 saturated carbocycles. The van der Waals surface area contributed by atoms with Gasteiger partial charge >= 0.3 is 6.03 Å². The average Bonchev–Trinajstić information content (AvgIpc) is 2.46. The van der Waals surface area contributed by atoms with Gasteiger partial charge in [-0.15, -0.1) is 0 Å². The van der Waals surface area contributed by atoms with Crippen LogP contribution >= 0.6 is 0 Å². The van der Waals surface area contributed by atoms with Gasteiger partial charge < -0.3 is 14.5 Å². The number of halogens is 1. The first-order chi connectivity index (χ1) is 9.56. The van der Waals surface area contributed by atoms with Crippen LogP contribution in [0.25, 0.3) is 0 Å². The summed E-state index contributed by atoms with van der Waals surface area (Å²) in [6.07, 6.45) is 1.87. The fraction of sp³-hybridized carbons (Fsp3) is 0.533. The number of urea groups is 1. The first kappa shape index (κ1) is 14.8. The van der Waals surface area contributed by atoms with Crippen molar-refractivity contribution in [3.05, 3.63) is 35.6 Å². The largest absolute Gasteiger partial charge is 0.373 e. The first-order valence-electron chi connectivity index (χ1n) is 6.88. The van der Waals surface area contributed by atoms with E-state index < -0.39 is 0 Å². The lowest BCUT2D eigenvalue weighted by Gasteiger charge is -2.33. The van der Waals surface area contributed by atoms with Gasteiger partial charge in [0, 0.05) is 27.2 Å². The van der Waals surface area contributed by atoms with Crippen molar-refractivity contribution in [3.8, 4) is 0 Å². The van der Waals surface area contributed by atoms with Crippen molar-refractivity contribution in [2.75, 3.05) is 27.2 Å². The van der Waals surface area contributed by atoms with Crippen molar-refractivity contribution >= 4 is 6.03 Å². The Morgan fingerprint density at radius 1 is 1.30 bits per heavy atom. The van der Waals surface area contributed by atoms with E-state index in [0.29, 0.717) is 6.61 Å². The number of nitrogens with zero attached hydrogens (tertiary/aromatic N) is 2. The number of piperidine rings is 1. The van der Waals surface area contributed by atoms with Gasteiger partial charge in [0.15, 0.2) is 0 Å². The molecule has 1 aromatic carbocycles. The van der Waals surface area contributed by atoms with Crippen molar-refractivity contribution < 1.29 is 13.9 Å². The molecule has 1 aliphatic rings. The molecule has 2 rings (SSSR count). The molecule has 4 nitrogen and oxygen atoms in total. The number of carbonyl (C=O) groups is 1. The molecular formula is C15H21FN2O2. The SMILES string of the molecule is CN(C)C(=O)N1CCC(OCc2ccc(F)cc2)CC1. The Morgan fingerprint density at radius 2 is 1.90 bits per heavy atom. The maximum atomic E-state index is 12.8. The molecule has 20 heavy (non-hydrogen) atoms. The maximum Gasteiger partial charge on any atom is 0.319 e. The summed E-state index contributed by atoms with van der Waals surface area (Å²) >= 11 is 0. The first-order valence-corrected chi connectivity index (χ1v) is 6.88. The molecule has 1 heterocycles. The lowest BCUT2D eigenvalue weighted by atomic mass is 10.1. The normalized spacial score (nSPS) is 16.2. The van der Waals surface area contributed by atoms with E-state index in [1.54, 1.807) is 31.1 Å². The van der Waals surface area contributed by atoms with Gasteiger partial charge in [-0.3, -0.25) is 0 Å². The third-order valence-corrected chi connectivity index (χ3v) is 3.49. The smallest absolute Gasteiger partial charge is 0.319 e. The molecule has 1 fully saturated rings. The van der Waals surface area contributed by atoms with Gasteiger partial charge in [-0.2, -0.15) is 0 Å². The van der Waals surface area contributed by atoms with Gasteiger partial charge in [0.1, 0.15) is 5.82 Å². The Kier molecular flexibility index (Phi) is 4.95. The molecule has 0 radical (unpaired) electrons. The second-order valence-corrected chi connectivity index (χ2v) is 5.30. The summed E-state index contributed by atoms with van der Waals surface area (Å²) in [5, 5.41) is 0. The summed E-state index contributed by atoms with van der Waals surface area (Å²) in [7, 11) is 3.53. The van der Waals surface area contributed by atoms with Crippen molar-refractivity contribution in [2.45, 2.75) is 25.6 Å². The van der Waals surface area contributed by atoms with Crippen molar-refractivity contribution in [1.29, 1.82) is 0 Å². The summed E-state index contributed by atoms with van der Waals surface area (Å²) in [6.45, 7) is 1.95. The van der Waals surface area contributed by atoms with Crippen LogP contribution in [-0.4, -0.2) is 49.1 Å². The number of hydrogen-bond donors (Lipinski definition) is 0. The second kappa shape index (κ2) is 6.70. The summed E-state index contributed by atoms with van der Waals surface area (Å²) in [6, 6.07) is 6.41. The second-order valence-electron chi connectivity index (χ2n) is 5.30. The quantitative estimate of drug-likeness (QED) is 0.852. The maximum absolute atomic E-state index is 12.8. The number of benzene rings is 1. The highest BCUT2D eigenvalue weighted by Gasteiger charge is 2.23. The Hall–Kier alpha value is -1.62. The average molecular weight is 280 g/mol. The van der Waals surface area contributed by atoms with Crippen molar-refractivity contribution in [1.82, 2.24) is 9.80 Å². The summed E-state index contributed by atoms with van der Waals surface area (Å²) in [5.41, 5.74) is 0.971. The fourth-order valence-electron chi connectivity index (χ4n) is 2.29. The Morgan fingerprint density at radius 3 is 2.45 bits per heavy atom. The van der Waals surface area contributed by atoms with Gasteiger partial charge in [-0.1, -0.05) is 12.1 Å². The van der Waals surface area contributed by atoms with Crippen LogP contribution in [0.15, 0.2) is 24.3 Å². The summed E-state index contributed by atoms with van der Waals surface area (Å²) < 4.78 is 18.6. The standard InChI is InChI=1S/C15H21FN2O2/c1-17(2)15(19)18-9-7-14(8-10-18)20-11-12-3-5-13(16)6-4-12/h3-6,14H,7-11H2,1-2H3. The molecule has 0 spiro atoms. The molecular weight excluding hydrogens is 259 g/mol. The van der Waals surface area contributed by atoms with Gasteiger partial charge in [-0.25, -0.2) is 9.18 Å². The molecule has 0 bridgehead atoms. The van der Waals surface area contributed by atoms with E-state index in [0.717, 1.165) is 31.5 Å². The molecule has 0 atom stereocenters. The molecule has 0 N–H and O–H groups in total. The molecule has 0 unspecified atom stereocenters. The van der Waals surface area contributed by atoms with E-state index in [-0.39, 0.29) is 18.0 Å². The van der Waals surface area contributed by atoms with Gasteiger partial charge in [0.2, 0.25) is 0 Å². The van der Waals surface area contributed by atoms with E-state index >= 15 is 0 Å². The number of rotatable bonds is 3. The predicted molar refractivity (Wildman–Crippen MR) is 74.9 cm³/mol. The van der Waals surface area contributed by atoms with Crippen LogP contribution in [0.3, 0.4) is 0 Å². The summed E-state index contributed by atoms with van der Waals surface area (Å²) in [5.74, 6) is -0.232. The van der Waals surface area contributed by atoms with Crippen LogP contribution in [0, 0.1) is 5.82 Å². The highest BCUT2D eigenvalue weighted by atomic mass is 19.1. The highest BCUT2D eigenvalue weighted by Crippen LogP contribution is 2.16. The third kappa shape index (κ3) is 3.93. The van der Waals surface area contributed by atoms with Crippen LogP contribution in [-0.2, 0) is 11.3 Å². The lowest BCUT2D eigenvalue weighted by molar-refractivity contribution is 0.00266. The van der Waals surface area contributed by atoms with E-state index in [1.807, 2.05) is 4.90 Å². The minimum Gasteiger partial charge on any atom is -0.373 e. The lowest BCUT2D eigenvalue weighted by Crippen LogP contribution is -2.45. The zero-order valence-corrected chi connectivity index (χ0v) is 12.0. The molecule has 0 aliphatic carbocycles. The van der Waals surface area contributed by atoms with E-state index in [9.17, 15) is 9.18 Å². The van der Waals surface area contributed by atoms with Gasteiger partial charge in [0.05, 0.1) is 12.7 Å². The Balaban J connectivity index is 1.74. The zero-order chi connectivity index (χ0) is 14.5. The van der Waals surface area contributed by atoms with Crippen LogP contribution in [0.4, 0.5) is 9.18 Å². The number of ether oxygens (including phenoxy) is 1. The van der Waals surface area contributed by atoms with Crippen LogP contribution in [0.1, 0.15) is 18.4 Å². The minimum atomic E-state index is -0.232. The third-order valence-electron chi connectivity index (χ3n) is 3.49. The summed E-state index contributed by atoms with van der Waals surface area (Å²) in [4.78, 5) is 15.2. The molecule has 0 aromatic heterocycles. The predicted octanol–water partition coefficient (Wildman–Crippen LogP) is 2.49. The van der Waals surface area contributed by atoms with E-state index in [4.69, 9.17) is 4.74 Å². The van der Waals surface area contributed by atoms with Gasteiger partial charge in [-0.05, 0) is 30.5 Å². The monoisotopic (exact) mass is 280 g/mol.